The molecule has 0 aliphatic carbocycles. The first kappa shape index (κ1) is 36.5. The second-order valence-corrected chi connectivity index (χ2v) is 11.2. The Balaban J connectivity index is 0.000000821. The lowest BCUT2D eigenvalue weighted by molar-refractivity contribution is -0.192. The number of hydrogen-bond acceptors (Lipinski definition) is 5. The van der Waals surface area contributed by atoms with E-state index in [1.54, 1.807) is 0 Å². The highest BCUT2D eigenvalue weighted by Gasteiger charge is 2.38. The summed E-state index contributed by atoms with van der Waals surface area (Å²) in [5, 5.41) is 15.4. The summed E-state index contributed by atoms with van der Waals surface area (Å²) in [5.74, 6) is -2.81. The number of halogens is 4. The number of benzene rings is 3. The topological polar surface area (TPSA) is 118 Å². The van der Waals surface area contributed by atoms with Gasteiger partial charge in [0.15, 0.2) is 5.78 Å². The van der Waals surface area contributed by atoms with Crippen LogP contribution in [0.3, 0.4) is 0 Å². The summed E-state index contributed by atoms with van der Waals surface area (Å²) in [6.07, 6.45) is 7.76. The molecule has 6 nitrogen and oxygen atoms in total. The largest absolute Gasteiger partial charge is 0.490 e. The lowest BCUT2D eigenvalue weighted by atomic mass is 9.90. The number of carboxylic acids is 1. The van der Waals surface area contributed by atoms with Gasteiger partial charge in [-0.05, 0) is 48.7 Å². The van der Waals surface area contributed by atoms with E-state index in [1.807, 2.05) is 24.3 Å². The maximum atomic E-state index is 13.4. The summed E-state index contributed by atoms with van der Waals surface area (Å²) in [7, 11) is 0. The van der Waals surface area contributed by atoms with Gasteiger partial charge in [-0.1, -0.05) is 112 Å². The van der Waals surface area contributed by atoms with Gasteiger partial charge in [-0.15, -0.1) is 0 Å². The van der Waals surface area contributed by atoms with Gasteiger partial charge in [0, 0.05) is 22.9 Å². The third-order valence-electron chi connectivity index (χ3n) is 7.42. The third-order valence-corrected chi connectivity index (χ3v) is 7.81. The molecule has 0 saturated carbocycles. The fraction of sp³-hybridized carbons (Fsp3) is 0.515. The van der Waals surface area contributed by atoms with Crippen LogP contribution in [0.1, 0.15) is 93.5 Å². The molecule has 6 N–H and O–H groups in total. The number of hydrogen-bond donors (Lipinski definition) is 4. The highest BCUT2D eigenvalue weighted by Crippen LogP contribution is 2.38. The Morgan fingerprint density at radius 3 is 2.07 bits per heavy atom. The number of unbranched alkanes of at least 4 members (excludes halogenated alkanes) is 8. The molecule has 0 bridgehead atoms. The normalized spacial score (nSPS) is 12.3. The van der Waals surface area contributed by atoms with Gasteiger partial charge in [0.1, 0.15) is 0 Å². The molecular weight excluding hydrogens is 579 g/mol. The zero-order valence-electron chi connectivity index (χ0n) is 24.9. The summed E-state index contributed by atoms with van der Waals surface area (Å²) >= 11 is 6.96. The molecule has 0 aromatic heterocycles. The van der Waals surface area contributed by atoms with Crippen molar-refractivity contribution in [2.45, 2.75) is 96.3 Å². The standard InChI is InChI=1S/C31H44ClN3O.C2HF3O2/c1-2-3-4-5-6-7-8-13-21-35-22-27-23-15-9-10-16-25(23)30(32)29-24(27)17-14-18-26(29)31(36)28(34)19-11-12-20-33;3-2(4,5)1(6)7/h9-10,14-18,28,35H,2-8,11-13,19-22,33-34H2,1H3;(H,6,7)/t28-;/m0./s1. The number of nitrogens with two attached hydrogens (primary N) is 2. The Labute approximate surface area is 257 Å². The van der Waals surface area contributed by atoms with Crippen molar-refractivity contribution < 1.29 is 27.9 Å². The van der Waals surface area contributed by atoms with Crippen molar-refractivity contribution in [3.8, 4) is 0 Å². The van der Waals surface area contributed by atoms with Crippen LogP contribution in [0, 0.1) is 0 Å². The van der Waals surface area contributed by atoms with E-state index in [0.29, 0.717) is 23.6 Å². The number of rotatable bonds is 17. The van der Waals surface area contributed by atoms with Gasteiger partial charge in [0.05, 0.1) is 11.1 Å². The van der Waals surface area contributed by atoms with Crippen molar-refractivity contribution in [2.75, 3.05) is 13.1 Å². The maximum Gasteiger partial charge on any atom is 0.490 e. The molecule has 0 radical (unpaired) electrons. The zero-order chi connectivity index (χ0) is 31.8. The second kappa shape index (κ2) is 18.8. The van der Waals surface area contributed by atoms with Gasteiger partial charge in [0.25, 0.3) is 0 Å². The van der Waals surface area contributed by atoms with Crippen LogP contribution >= 0.6 is 11.6 Å². The summed E-state index contributed by atoms with van der Waals surface area (Å²) in [4.78, 5) is 22.3. The van der Waals surface area contributed by atoms with Crippen LogP contribution in [0.2, 0.25) is 5.02 Å². The third kappa shape index (κ3) is 11.4. The highest BCUT2D eigenvalue weighted by molar-refractivity contribution is 6.42. The number of nitrogens with one attached hydrogen (secondary N) is 1. The molecule has 0 amide bonds. The quantitative estimate of drug-likeness (QED) is 0.0684. The first-order valence-electron chi connectivity index (χ1n) is 15.2. The van der Waals surface area contributed by atoms with Crippen LogP contribution < -0.4 is 16.8 Å². The van der Waals surface area contributed by atoms with Crippen molar-refractivity contribution in [3.63, 3.8) is 0 Å². The van der Waals surface area contributed by atoms with Crippen LogP contribution in [0.25, 0.3) is 21.5 Å². The fourth-order valence-corrected chi connectivity index (χ4v) is 5.46. The number of ketones is 1. The Morgan fingerprint density at radius 1 is 0.884 bits per heavy atom. The summed E-state index contributed by atoms with van der Waals surface area (Å²) < 4.78 is 31.7. The Hall–Kier alpha value is -2.72. The lowest BCUT2D eigenvalue weighted by Gasteiger charge is -2.18. The van der Waals surface area contributed by atoms with Gasteiger partial charge in [-0.25, -0.2) is 4.79 Å². The van der Waals surface area contributed by atoms with Crippen LogP contribution in [-0.4, -0.2) is 42.2 Å². The van der Waals surface area contributed by atoms with Crippen molar-refractivity contribution in [1.82, 2.24) is 5.32 Å². The summed E-state index contributed by atoms with van der Waals surface area (Å²) in [6.45, 7) is 4.60. The Bertz CT molecular complexity index is 1320. The molecule has 10 heteroatoms. The SMILES string of the molecule is CCCCCCCCCCNCc1c2ccccc2c(Cl)c2c(C(=O)[C@@H](N)CCCCN)cccc12.O=C(O)C(F)(F)F. The first-order chi connectivity index (χ1) is 20.5. The number of carboxylic acid groups (broad SMARTS) is 1. The molecule has 0 unspecified atom stereocenters. The van der Waals surface area contributed by atoms with E-state index < -0.39 is 18.2 Å². The number of carbonyl (C=O) groups excluding carboxylic acids is 1. The number of Topliss-reactive ketones (excluding diaryl/α,β-unsaturated/α-hetero) is 1. The molecule has 3 rings (SSSR count). The number of aliphatic carboxylic acids is 1. The van der Waals surface area contributed by atoms with Crippen LogP contribution in [0.4, 0.5) is 13.2 Å². The van der Waals surface area contributed by atoms with E-state index in [2.05, 4.69) is 30.4 Å². The molecule has 1 atom stereocenters. The predicted octanol–water partition coefficient (Wildman–Crippen LogP) is 8.15. The van der Waals surface area contributed by atoms with Gasteiger partial charge < -0.3 is 21.9 Å². The Kier molecular flexibility index (Phi) is 16.0. The molecule has 0 saturated heterocycles. The molecule has 0 spiro atoms. The lowest BCUT2D eigenvalue weighted by Crippen LogP contribution is -2.30. The van der Waals surface area contributed by atoms with Gasteiger partial charge in [-0.2, -0.15) is 13.2 Å². The molecular formula is C33H45ClF3N3O3. The minimum Gasteiger partial charge on any atom is -0.475 e. The van der Waals surface area contributed by atoms with E-state index in [0.717, 1.165) is 47.5 Å². The molecule has 3 aromatic rings. The average molecular weight is 624 g/mol. The number of alkyl halides is 3. The monoisotopic (exact) mass is 623 g/mol. The van der Waals surface area contributed by atoms with Gasteiger partial charge >= 0.3 is 12.1 Å². The minimum atomic E-state index is -5.08. The number of carbonyl (C=O) groups is 2. The van der Waals surface area contributed by atoms with Crippen molar-refractivity contribution in [3.05, 3.63) is 58.6 Å². The van der Waals surface area contributed by atoms with E-state index in [1.165, 1.54) is 56.9 Å². The van der Waals surface area contributed by atoms with Crippen molar-refractivity contribution >= 4 is 44.9 Å². The summed E-state index contributed by atoms with van der Waals surface area (Å²) in [6, 6.07) is 13.6. The molecule has 0 fully saturated rings. The van der Waals surface area contributed by atoms with Crippen molar-refractivity contribution in [1.29, 1.82) is 0 Å². The minimum absolute atomic E-state index is 0.0485. The van der Waals surface area contributed by atoms with E-state index in [9.17, 15) is 18.0 Å². The second-order valence-electron chi connectivity index (χ2n) is 10.8. The first-order valence-corrected chi connectivity index (χ1v) is 15.5. The predicted molar refractivity (Wildman–Crippen MR) is 170 cm³/mol. The smallest absolute Gasteiger partial charge is 0.475 e. The molecule has 43 heavy (non-hydrogen) atoms. The van der Waals surface area contributed by atoms with E-state index in [-0.39, 0.29) is 5.78 Å². The molecule has 0 aliphatic heterocycles. The molecule has 238 valence electrons. The van der Waals surface area contributed by atoms with Crippen LogP contribution in [0.15, 0.2) is 42.5 Å². The van der Waals surface area contributed by atoms with Crippen LogP contribution in [0.5, 0.6) is 0 Å². The Morgan fingerprint density at radius 2 is 1.47 bits per heavy atom. The number of fused-ring (bicyclic) bond motifs is 2. The van der Waals surface area contributed by atoms with E-state index >= 15 is 0 Å². The van der Waals surface area contributed by atoms with Gasteiger partial charge in [0.2, 0.25) is 0 Å². The summed E-state index contributed by atoms with van der Waals surface area (Å²) in [5.41, 5.74) is 13.7. The highest BCUT2D eigenvalue weighted by atomic mass is 35.5. The maximum absolute atomic E-state index is 13.4. The zero-order valence-corrected chi connectivity index (χ0v) is 25.7. The van der Waals surface area contributed by atoms with Gasteiger partial charge in [-0.3, -0.25) is 4.79 Å². The fourth-order valence-electron chi connectivity index (χ4n) is 5.09. The molecule has 3 aromatic carbocycles. The van der Waals surface area contributed by atoms with E-state index in [4.69, 9.17) is 33.0 Å². The molecule has 0 aliphatic rings. The van der Waals surface area contributed by atoms with Crippen LogP contribution in [-0.2, 0) is 11.3 Å². The van der Waals surface area contributed by atoms with Crippen molar-refractivity contribution in [2.24, 2.45) is 11.5 Å². The average Bonchev–Trinajstić information content (AvgIpc) is 2.98. The molecule has 0 heterocycles.